The van der Waals surface area contributed by atoms with E-state index in [1.54, 1.807) is 0 Å². The second kappa shape index (κ2) is 8.73. The fourth-order valence-corrected chi connectivity index (χ4v) is 2.83. The zero-order chi connectivity index (χ0) is 19.2. The van der Waals surface area contributed by atoms with E-state index in [4.69, 9.17) is 9.47 Å². The smallest absolute Gasteiger partial charge is 0.350 e. The Balaban J connectivity index is 1.73. The maximum Gasteiger partial charge on any atom is 0.416 e. The van der Waals surface area contributed by atoms with Gasteiger partial charge < -0.3 is 20.1 Å². The number of urea groups is 1. The Bertz CT molecular complexity index is 586. The van der Waals surface area contributed by atoms with E-state index in [-0.39, 0.29) is 11.7 Å². The predicted octanol–water partition coefficient (Wildman–Crippen LogP) is 4.40. The first-order valence-corrected chi connectivity index (χ1v) is 8.70. The molecule has 0 bridgehead atoms. The molecule has 2 amide bonds. The average Bonchev–Trinajstić information content (AvgIpc) is 3.13. The van der Waals surface area contributed by atoms with Gasteiger partial charge in [-0.2, -0.15) is 13.2 Å². The van der Waals surface area contributed by atoms with E-state index < -0.39 is 17.8 Å². The van der Waals surface area contributed by atoms with Crippen LogP contribution in [0.15, 0.2) is 24.3 Å². The third kappa shape index (κ3) is 5.60. The van der Waals surface area contributed by atoms with Crippen molar-refractivity contribution in [3.8, 4) is 0 Å². The minimum atomic E-state index is -4.39. The molecule has 1 heterocycles. The van der Waals surface area contributed by atoms with Crippen LogP contribution < -0.4 is 10.6 Å². The van der Waals surface area contributed by atoms with Crippen LogP contribution in [-0.4, -0.2) is 32.1 Å². The predicted molar refractivity (Wildman–Crippen MR) is 91.8 cm³/mol. The topological polar surface area (TPSA) is 59.6 Å². The van der Waals surface area contributed by atoms with E-state index in [0.29, 0.717) is 25.4 Å². The van der Waals surface area contributed by atoms with Crippen LogP contribution in [0.1, 0.15) is 38.7 Å². The maximum atomic E-state index is 12.5. The molecule has 2 rings (SSSR count). The number of nitrogens with one attached hydrogen (secondary N) is 2. The Morgan fingerprint density at radius 3 is 2.35 bits per heavy atom. The molecule has 146 valence electrons. The number of halogens is 3. The Morgan fingerprint density at radius 1 is 1.19 bits per heavy atom. The van der Waals surface area contributed by atoms with E-state index in [2.05, 4.69) is 24.5 Å². The van der Waals surface area contributed by atoms with Crippen molar-refractivity contribution in [1.29, 1.82) is 0 Å². The zero-order valence-corrected chi connectivity index (χ0v) is 15.0. The van der Waals surface area contributed by atoms with Gasteiger partial charge in [0, 0.05) is 17.6 Å². The number of carbonyl (C=O) groups is 1. The molecule has 0 radical (unpaired) electrons. The maximum absolute atomic E-state index is 12.5. The van der Waals surface area contributed by atoms with Crippen LogP contribution in [0.3, 0.4) is 0 Å². The van der Waals surface area contributed by atoms with E-state index in [1.807, 2.05) is 0 Å². The normalized spacial score (nSPS) is 17.7. The Labute approximate surface area is 151 Å². The van der Waals surface area contributed by atoms with Gasteiger partial charge in [-0.05, 0) is 43.5 Å². The van der Waals surface area contributed by atoms with Gasteiger partial charge in [-0.1, -0.05) is 13.8 Å². The molecule has 2 N–H and O–H groups in total. The summed E-state index contributed by atoms with van der Waals surface area (Å²) in [6.45, 7) is 5.85. The number of anilines is 1. The highest BCUT2D eigenvalue weighted by atomic mass is 19.4. The summed E-state index contributed by atoms with van der Waals surface area (Å²) >= 11 is 0. The fraction of sp³-hybridized carbons (Fsp3) is 0.611. The van der Waals surface area contributed by atoms with Crippen LogP contribution in [0, 0.1) is 5.41 Å². The zero-order valence-electron chi connectivity index (χ0n) is 15.0. The second-order valence-corrected chi connectivity index (χ2v) is 6.64. The molecule has 1 aromatic rings. The molecule has 5 nitrogen and oxygen atoms in total. The first-order chi connectivity index (χ1) is 12.2. The van der Waals surface area contributed by atoms with Crippen LogP contribution in [-0.2, 0) is 15.7 Å². The summed E-state index contributed by atoms with van der Waals surface area (Å²) in [6.07, 6.45) is -2.13. The van der Waals surface area contributed by atoms with Crippen molar-refractivity contribution in [3.05, 3.63) is 29.8 Å². The Hall–Kier alpha value is -1.80. The number of hydrogen-bond donors (Lipinski definition) is 2. The summed E-state index contributed by atoms with van der Waals surface area (Å²) in [5, 5.41) is 5.23. The van der Waals surface area contributed by atoms with E-state index in [9.17, 15) is 18.0 Å². The van der Waals surface area contributed by atoms with Crippen molar-refractivity contribution >= 4 is 11.7 Å². The quantitative estimate of drug-likeness (QED) is 0.696. The number of amides is 2. The van der Waals surface area contributed by atoms with E-state index in [1.165, 1.54) is 12.1 Å². The first kappa shape index (κ1) is 20.5. The van der Waals surface area contributed by atoms with Gasteiger partial charge in [0.25, 0.3) is 0 Å². The largest absolute Gasteiger partial charge is 0.416 e. The molecule has 0 aromatic heterocycles. The Morgan fingerprint density at radius 2 is 1.81 bits per heavy atom. The number of rotatable bonds is 7. The van der Waals surface area contributed by atoms with Crippen molar-refractivity contribution in [2.75, 3.05) is 25.1 Å². The molecule has 0 saturated carbocycles. The molecule has 8 heteroatoms. The lowest BCUT2D eigenvalue weighted by atomic mass is 9.82. The van der Waals surface area contributed by atoms with Crippen molar-refractivity contribution in [2.45, 2.75) is 45.6 Å². The number of benzene rings is 1. The molecule has 1 aliphatic heterocycles. The highest BCUT2D eigenvalue weighted by Gasteiger charge is 2.36. The van der Waals surface area contributed by atoms with Gasteiger partial charge in [0.15, 0.2) is 6.29 Å². The standard InChI is InChI=1S/C18H25F3N2O3/c1-3-17(2,15-25-11-12-26-15)9-4-10-22-16(24)23-14-7-5-13(6-8-14)18(19,20)21/h5-8,15H,3-4,9-12H2,1-2H3,(H2,22,23,24). The lowest BCUT2D eigenvalue weighted by molar-refractivity contribution is -0.137. The minimum Gasteiger partial charge on any atom is -0.350 e. The summed E-state index contributed by atoms with van der Waals surface area (Å²) < 4.78 is 48.7. The van der Waals surface area contributed by atoms with Crippen LogP contribution in [0.5, 0.6) is 0 Å². The van der Waals surface area contributed by atoms with E-state index >= 15 is 0 Å². The van der Waals surface area contributed by atoms with Crippen molar-refractivity contribution in [1.82, 2.24) is 5.32 Å². The number of carbonyl (C=O) groups excluding carboxylic acids is 1. The lowest BCUT2D eigenvalue weighted by Crippen LogP contribution is -2.35. The number of alkyl halides is 3. The number of hydrogen-bond acceptors (Lipinski definition) is 3. The lowest BCUT2D eigenvalue weighted by Gasteiger charge is -2.33. The summed E-state index contributed by atoms with van der Waals surface area (Å²) in [4.78, 5) is 11.9. The monoisotopic (exact) mass is 374 g/mol. The Kier molecular flexibility index (Phi) is 6.88. The molecule has 0 spiro atoms. The van der Waals surface area contributed by atoms with Crippen LogP contribution in [0.25, 0.3) is 0 Å². The van der Waals surface area contributed by atoms with Gasteiger partial charge in [-0.3, -0.25) is 0 Å². The van der Waals surface area contributed by atoms with E-state index in [0.717, 1.165) is 31.4 Å². The third-order valence-electron chi connectivity index (χ3n) is 4.68. The molecule has 0 aliphatic carbocycles. The summed E-state index contributed by atoms with van der Waals surface area (Å²) in [7, 11) is 0. The molecule has 26 heavy (non-hydrogen) atoms. The van der Waals surface area contributed by atoms with Crippen LogP contribution >= 0.6 is 0 Å². The van der Waals surface area contributed by atoms with Gasteiger partial charge in [0.05, 0.1) is 18.8 Å². The van der Waals surface area contributed by atoms with Gasteiger partial charge in [-0.15, -0.1) is 0 Å². The van der Waals surface area contributed by atoms with Gasteiger partial charge in [-0.25, -0.2) is 4.79 Å². The second-order valence-electron chi connectivity index (χ2n) is 6.64. The summed E-state index contributed by atoms with van der Waals surface area (Å²) in [5.74, 6) is 0. The van der Waals surface area contributed by atoms with Crippen LogP contribution in [0.4, 0.5) is 23.7 Å². The molecule has 1 aliphatic rings. The molecule has 1 fully saturated rings. The molecule has 1 unspecified atom stereocenters. The molecule has 1 saturated heterocycles. The molecular formula is C18H25F3N2O3. The summed E-state index contributed by atoms with van der Waals surface area (Å²) in [6, 6.07) is 3.88. The average molecular weight is 374 g/mol. The number of ether oxygens (including phenoxy) is 2. The highest BCUT2D eigenvalue weighted by molar-refractivity contribution is 5.89. The molecular weight excluding hydrogens is 349 g/mol. The summed E-state index contributed by atoms with van der Waals surface area (Å²) in [5.41, 5.74) is -0.553. The van der Waals surface area contributed by atoms with Gasteiger partial charge >= 0.3 is 12.2 Å². The minimum absolute atomic E-state index is 0.109. The highest BCUT2D eigenvalue weighted by Crippen LogP contribution is 2.35. The van der Waals surface area contributed by atoms with Crippen molar-refractivity contribution in [3.63, 3.8) is 0 Å². The third-order valence-corrected chi connectivity index (χ3v) is 4.68. The van der Waals surface area contributed by atoms with Crippen molar-refractivity contribution in [2.24, 2.45) is 5.41 Å². The molecule has 1 aromatic carbocycles. The van der Waals surface area contributed by atoms with Gasteiger partial charge in [0.2, 0.25) is 0 Å². The fourth-order valence-electron chi connectivity index (χ4n) is 2.83. The SMILES string of the molecule is CCC(C)(CCCNC(=O)Nc1ccc(C(F)(F)F)cc1)C1OCCO1. The first-order valence-electron chi connectivity index (χ1n) is 8.70. The van der Waals surface area contributed by atoms with Gasteiger partial charge in [0.1, 0.15) is 0 Å². The molecule has 1 atom stereocenters. The van der Waals surface area contributed by atoms with Crippen molar-refractivity contribution < 1.29 is 27.4 Å². The van der Waals surface area contributed by atoms with Crippen LogP contribution in [0.2, 0.25) is 0 Å².